The molecular formula is C58H45N5. The highest BCUT2D eigenvalue weighted by Crippen LogP contribution is 2.37. The average molecular weight is 812 g/mol. The lowest BCUT2D eigenvalue weighted by molar-refractivity contribution is 0.608. The van der Waals surface area contributed by atoms with E-state index in [0.29, 0.717) is 6.42 Å². The molecule has 1 atom stereocenters. The van der Waals surface area contributed by atoms with Gasteiger partial charge in [0, 0.05) is 57.2 Å². The minimum atomic E-state index is -0.158. The Hall–Kier alpha value is -8.15. The van der Waals surface area contributed by atoms with Crippen molar-refractivity contribution in [3.05, 3.63) is 247 Å². The normalized spacial score (nSPS) is 14.4. The SMILES string of the molecule is N/C=C\C(=C/CC1=CC(Cc2ccccc2)=NC(c2ccccc2)N1)c1ccc2c3ccccc3n(-c3ccc(-c4ccc5c(c4)c4ccccc4n5-c4ccccc4)cc3)c2c1. The van der Waals surface area contributed by atoms with Gasteiger partial charge < -0.3 is 20.2 Å². The number of fused-ring (bicyclic) bond motifs is 6. The van der Waals surface area contributed by atoms with E-state index in [1.54, 1.807) is 6.20 Å². The minimum Gasteiger partial charge on any atom is -0.405 e. The molecule has 3 heterocycles. The van der Waals surface area contributed by atoms with Gasteiger partial charge >= 0.3 is 0 Å². The first kappa shape index (κ1) is 37.8. The van der Waals surface area contributed by atoms with Crippen LogP contribution in [0.2, 0.25) is 0 Å². The van der Waals surface area contributed by atoms with Gasteiger partial charge in [-0.2, -0.15) is 0 Å². The van der Waals surface area contributed by atoms with Crippen LogP contribution in [0.15, 0.2) is 235 Å². The van der Waals surface area contributed by atoms with Gasteiger partial charge in [0.1, 0.15) is 6.17 Å². The third-order valence-corrected chi connectivity index (χ3v) is 12.3. The lowest BCUT2D eigenvalue weighted by Crippen LogP contribution is -2.25. The van der Waals surface area contributed by atoms with E-state index in [0.717, 1.165) is 51.4 Å². The first-order valence-electron chi connectivity index (χ1n) is 21.6. The van der Waals surface area contributed by atoms with Gasteiger partial charge in [0.15, 0.2) is 0 Å². The molecule has 0 saturated carbocycles. The van der Waals surface area contributed by atoms with Gasteiger partial charge in [0.05, 0.1) is 22.1 Å². The molecule has 5 heteroatoms. The Labute approximate surface area is 367 Å². The third kappa shape index (κ3) is 7.19. The van der Waals surface area contributed by atoms with Crippen LogP contribution < -0.4 is 11.1 Å². The zero-order chi connectivity index (χ0) is 42.1. The Morgan fingerprint density at radius 1 is 0.540 bits per heavy atom. The lowest BCUT2D eigenvalue weighted by atomic mass is 10.00. The van der Waals surface area contributed by atoms with E-state index < -0.39 is 0 Å². The summed E-state index contributed by atoms with van der Waals surface area (Å²) < 4.78 is 4.75. The van der Waals surface area contributed by atoms with Crippen LogP contribution in [-0.2, 0) is 6.42 Å². The number of allylic oxidation sites excluding steroid dienone is 4. The Morgan fingerprint density at radius 3 is 1.86 bits per heavy atom. The molecule has 5 nitrogen and oxygen atoms in total. The van der Waals surface area contributed by atoms with Crippen LogP contribution in [0.3, 0.4) is 0 Å². The summed E-state index contributed by atoms with van der Waals surface area (Å²) in [6.07, 6.45) is 9.43. The third-order valence-electron chi connectivity index (χ3n) is 12.3. The highest BCUT2D eigenvalue weighted by Gasteiger charge is 2.19. The van der Waals surface area contributed by atoms with Crippen molar-refractivity contribution >= 4 is 54.9 Å². The van der Waals surface area contributed by atoms with Crippen molar-refractivity contribution in [1.29, 1.82) is 0 Å². The van der Waals surface area contributed by atoms with Crippen molar-refractivity contribution < 1.29 is 0 Å². The van der Waals surface area contributed by atoms with Crippen LogP contribution in [0.25, 0.3) is 71.7 Å². The Balaban J connectivity index is 0.941. The van der Waals surface area contributed by atoms with E-state index in [1.807, 2.05) is 12.1 Å². The zero-order valence-corrected chi connectivity index (χ0v) is 34.8. The summed E-state index contributed by atoms with van der Waals surface area (Å²) in [5.41, 5.74) is 22.2. The van der Waals surface area contributed by atoms with Gasteiger partial charge in [-0.15, -0.1) is 0 Å². The molecule has 302 valence electrons. The maximum atomic E-state index is 6.15. The van der Waals surface area contributed by atoms with Gasteiger partial charge in [-0.1, -0.05) is 152 Å². The molecule has 0 amide bonds. The van der Waals surface area contributed by atoms with Crippen molar-refractivity contribution in [1.82, 2.24) is 14.5 Å². The smallest absolute Gasteiger partial charge is 0.144 e. The van der Waals surface area contributed by atoms with Crippen LogP contribution in [0.4, 0.5) is 0 Å². The van der Waals surface area contributed by atoms with Gasteiger partial charge in [-0.05, 0) is 106 Å². The van der Waals surface area contributed by atoms with Crippen molar-refractivity contribution in [2.45, 2.75) is 19.0 Å². The summed E-state index contributed by atoms with van der Waals surface area (Å²) in [7, 11) is 0. The summed E-state index contributed by atoms with van der Waals surface area (Å²) in [6, 6.07) is 71.7. The molecule has 0 saturated heterocycles. The number of rotatable bonds is 10. The number of nitrogens with two attached hydrogens (primary N) is 1. The summed E-state index contributed by atoms with van der Waals surface area (Å²) >= 11 is 0. The number of para-hydroxylation sites is 3. The van der Waals surface area contributed by atoms with Crippen molar-refractivity contribution in [3.8, 4) is 22.5 Å². The predicted octanol–water partition coefficient (Wildman–Crippen LogP) is 13.7. The summed E-state index contributed by atoms with van der Waals surface area (Å²) in [5.74, 6) is 0. The van der Waals surface area contributed by atoms with Crippen LogP contribution in [-0.4, -0.2) is 14.8 Å². The zero-order valence-electron chi connectivity index (χ0n) is 34.8. The first-order chi connectivity index (χ1) is 31.2. The predicted molar refractivity (Wildman–Crippen MR) is 264 cm³/mol. The number of hydrogen-bond donors (Lipinski definition) is 2. The van der Waals surface area contributed by atoms with Crippen molar-refractivity contribution in [3.63, 3.8) is 0 Å². The van der Waals surface area contributed by atoms with E-state index in [2.05, 4.69) is 221 Å². The monoisotopic (exact) mass is 811 g/mol. The fourth-order valence-corrected chi connectivity index (χ4v) is 9.31. The largest absolute Gasteiger partial charge is 0.405 e. The Morgan fingerprint density at radius 2 is 1.13 bits per heavy atom. The highest BCUT2D eigenvalue weighted by atomic mass is 15.1. The number of aromatic nitrogens is 2. The molecule has 1 aliphatic heterocycles. The Bertz CT molecular complexity index is 3410. The number of hydrogen-bond acceptors (Lipinski definition) is 3. The first-order valence-corrected chi connectivity index (χ1v) is 21.6. The lowest BCUT2D eigenvalue weighted by Gasteiger charge is -2.24. The molecule has 1 unspecified atom stereocenters. The standard InChI is InChI=1S/C58H45N5/c59-35-34-42(24-29-46-39-47(36-40-14-4-1-5-15-40)61-58(60-46)43-16-6-2-7-17-43)45-27-32-52-50-20-10-12-22-54(50)63(57(52)38-45)49-30-25-41(26-31-49)44-28-33-56-53(37-44)51-21-11-13-23-55(51)62(56)48-18-8-3-9-19-48/h1-28,30-35,37-39,58,60H,29,36,59H2/b35-34-,42-24+. The molecule has 0 fully saturated rings. The second-order valence-corrected chi connectivity index (χ2v) is 16.2. The topological polar surface area (TPSA) is 60.3 Å². The Kier molecular flexibility index (Phi) is 9.83. The summed E-state index contributed by atoms with van der Waals surface area (Å²) in [5, 5.41) is 8.64. The molecular weight excluding hydrogens is 767 g/mol. The second kappa shape index (κ2) is 16.4. The molecule has 63 heavy (non-hydrogen) atoms. The van der Waals surface area contributed by atoms with Gasteiger partial charge in [0.25, 0.3) is 0 Å². The van der Waals surface area contributed by atoms with Gasteiger partial charge in [-0.25, -0.2) is 0 Å². The number of benzene rings is 8. The molecule has 0 radical (unpaired) electrons. The van der Waals surface area contributed by atoms with E-state index >= 15 is 0 Å². The molecule has 0 bridgehead atoms. The fourth-order valence-electron chi connectivity index (χ4n) is 9.31. The number of nitrogens with zero attached hydrogens (tertiary/aromatic N) is 3. The molecule has 2 aromatic heterocycles. The second-order valence-electron chi connectivity index (χ2n) is 16.2. The van der Waals surface area contributed by atoms with E-state index in [-0.39, 0.29) is 6.17 Å². The molecule has 1 aliphatic rings. The maximum Gasteiger partial charge on any atom is 0.144 e. The quantitative estimate of drug-likeness (QED) is 0.135. The molecule has 11 rings (SSSR count). The minimum absolute atomic E-state index is 0.158. The van der Waals surface area contributed by atoms with Crippen molar-refractivity contribution in [2.75, 3.05) is 0 Å². The summed E-state index contributed by atoms with van der Waals surface area (Å²) in [6.45, 7) is 0. The summed E-state index contributed by atoms with van der Waals surface area (Å²) in [4.78, 5) is 5.14. The highest BCUT2D eigenvalue weighted by molar-refractivity contribution is 6.11. The van der Waals surface area contributed by atoms with Crippen LogP contribution in [0, 0.1) is 0 Å². The maximum absolute atomic E-state index is 6.15. The van der Waals surface area contributed by atoms with E-state index in [1.165, 1.54) is 54.8 Å². The van der Waals surface area contributed by atoms with Crippen molar-refractivity contribution in [2.24, 2.45) is 10.7 Å². The number of aliphatic imine (C=N–C) groups is 1. The molecule has 0 spiro atoms. The molecule has 8 aromatic carbocycles. The van der Waals surface area contributed by atoms with Gasteiger partial charge in [0.2, 0.25) is 0 Å². The van der Waals surface area contributed by atoms with Crippen LogP contribution >= 0.6 is 0 Å². The average Bonchev–Trinajstić information content (AvgIpc) is 3.86. The van der Waals surface area contributed by atoms with Crippen LogP contribution in [0.1, 0.15) is 29.3 Å². The van der Waals surface area contributed by atoms with Gasteiger partial charge in [-0.3, -0.25) is 4.99 Å². The number of nitrogens with one attached hydrogen (secondary N) is 1. The van der Waals surface area contributed by atoms with Crippen LogP contribution in [0.5, 0.6) is 0 Å². The molecule has 0 aliphatic carbocycles. The van der Waals surface area contributed by atoms with E-state index in [9.17, 15) is 0 Å². The molecule has 3 N–H and O–H groups in total. The molecule has 10 aromatic rings. The van der Waals surface area contributed by atoms with E-state index in [4.69, 9.17) is 10.7 Å². The fraction of sp³-hybridized carbons (Fsp3) is 0.0517.